The van der Waals surface area contributed by atoms with Crippen molar-refractivity contribution >= 4 is 6.09 Å². The summed E-state index contributed by atoms with van der Waals surface area (Å²) in [6, 6.07) is 0. The summed E-state index contributed by atoms with van der Waals surface area (Å²) in [4.78, 5) is 16.0. The molecule has 1 unspecified atom stereocenters. The van der Waals surface area contributed by atoms with Crippen molar-refractivity contribution in [3.63, 3.8) is 0 Å². The lowest BCUT2D eigenvalue weighted by molar-refractivity contribution is 0.0779. The third kappa shape index (κ3) is 7.40. The zero-order chi connectivity index (χ0) is 16.4. The van der Waals surface area contributed by atoms with Crippen molar-refractivity contribution in [3.8, 4) is 0 Å². The molecule has 1 aliphatic heterocycles. The molecular weight excluding hydrogens is 282 g/mol. The number of piperazine rings is 1. The number of amides is 1. The first-order valence-corrected chi connectivity index (χ1v) is 7.48. The molecular formula is C16H27N3O3. The summed E-state index contributed by atoms with van der Waals surface area (Å²) in [5.41, 5.74) is 0.767. The third-order valence-corrected chi connectivity index (χ3v) is 3.51. The number of alkyl carbamates (subject to hydrolysis) is 1. The van der Waals surface area contributed by atoms with Crippen molar-refractivity contribution < 1.29 is 14.6 Å². The van der Waals surface area contributed by atoms with Crippen molar-refractivity contribution in [2.75, 3.05) is 52.9 Å². The highest BCUT2D eigenvalue weighted by Gasteiger charge is 2.17. The highest BCUT2D eigenvalue weighted by molar-refractivity contribution is 5.67. The molecule has 124 valence electrons. The van der Waals surface area contributed by atoms with Gasteiger partial charge in [0.1, 0.15) is 6.61 Å². The molecule has 0 bridgehead atoms. The van der Waals surface area contributed by atoms with Gasteiger partial charge in [-0.15, -0.1) is 0 Å². The molecule has 2 N–H and O–H groups in total. The normalized spacial score (nSPS) is 18.5. The number of β-amino-alcohol motifs (C(OH)–C–C–N with tert-alkyl or cyclic N) is 1. The Morgan fingerprint density at radius 3 is 2.64 bits per heavy atom. The van der Waals surface area contributed by atoms with Gasteiger partial charge < -0.3 is 20.1 Å². The number of aliphatic hydroxyl groups excluding tert-OH is 1. The second kappa shape index (κ2) is 10.2. The smallest absolute Gasteiger partial charge is 0.407 e. The summed E-state index contributed by atoms with van der Waals surface area (Å²) >= 11 is 0. The number of aliphatic hydroxyl groups is 1. The minimum absolute atomic E-state index is 0.135. The Kier molecular flexibility index (Phi) is 8.50. The van der Waals surface area contributed by atoms with Gasteiger partial charge in [0, 0.05) is 39.3 Å². The van der Waals surface area contributed by atoms with Gasteiger partial charge in [-0.1, -0.05) is 31.4 Å². The molecule has 1 saturated heterocycles. The van der Waals surface area contributed by atoms with E-state index < -0.39 is 12.2 Å². The number of ether oxygens (including phenoxy) is 1. The molecule has 0 spiro atoms. The van der Waals surface area contributed by atoms with E-state index in [0.717, 1.165) is 31.8 Å². The van der Waals surface area contributed by atoms with E-state index in [1.165, 1.54) is 0 Å². The number of allylic oxidation sites excluding steroid dienone is 2. The second-order valence-electron chi connectivity index (χ2n) is 5.40. The summed E-state index contributed by atoms with van der Waals surface area (Å²) < 4.78 is 5.03. The van der Waals surface area contributed by atoms with Crippen LogP contribution in [-0.2, 0) is 4.74 Å². The largest absolute Gasteiger partial charge is 0.445 e. The van der Waals surface area contributed by atoms with E-state index in [1.54, 1.807) is 18.2 Å². The molecule has 0 radical (unpaired) electrons. The molecule has 0 saturated carbocycles. The van der Waals surface area contributed by atoms with E-state index in [9.17, 15) is 9.90 Å². The van der Waals surface area contributed by atoms with Gasteiger partial charge in [-0.25, -0.2) is 4.79 Å². The summed E-state index contributed by atoms with van der Waals surface area (Å²) in [6.45, 7) is 12.0. The quantitative estimate of drug-likeness (QED) is 0.644. The van der Waals surface area contributed by atoms with Gasteiger partial charge >= 0.3 is 6.09 Å². The molecule has 0 aliphatic carbocycles. The maximum absolute atomic E-state index is 11.6. The fourth-order valence-corrected chi connectivity index (χ4v) is 2.12. The Labute approximate surface area is 132 Å². The Bertz CT molecular complexity index is 401. The van der Waals surface area contributed by atoms with Crippen LogP contribution in [0.15, 0.2) is 37.0 Å². The van der Waals surface area contributed by atoms with E-state index >= 15 is 0 Å². The minimum atomic E-state index is -0.599. The maximum Gasteiger partial charge on any atom is 0.407 e. The molecule has 0 aromatic heterocycles. The maximum atomic E-state index is 11.6. The van der Waals surface area contributed by atoms with E-state index in [1.807, 2.05) is 0 Å². The first-order valence-electron chi connectivity index (χ1n) is 7.48. The number of nitrogens with zero attached hydrogens (tertiary/aromatic N) is 2. The molecule has 1 atom stereocenters. The summed E-state index contributed by atoms with van der Waals surface area (Å²) in [6.07, 6.45) is 3.80. The van der Waals surface area contributed by atoms with Gasteiger partial charge in [0.15, 0.2) is 0 Å². The zero-order valence-corrected chi connectivity index (χ0v) is 13.3. The molecule has 0 aromatic rings. The van der Waals surface area contributed by atoms with Crippen LogP contribution in [-0.4, -0.2) is 80.0 Å². The second-order valence-corrected chi connectivity index (χ2v) is 5.40. The Morgan fingerprint density at radius 1 is 1.36 bits per heavy atom. The van der Waals surface area contributed by atoms with Crippen molar-refractivity contribution in [3.05, 3.63) is 37.0 Å². The lowest BCUT2D eigenvalue weighted by atomic mass is 10.2. The lowest BCUT2D eigenvalue weighted by Gasteiger charge is -2.33. The first kappa shape index (κ1) is 18.4. The molecule has 1 aliphatic rings. The number of carbonyl (C=O) groups is 1. The van der Waals surface area contributed by atoms with Crippen LogP contribution >= 0.6 is 0 Å². The van der Waals surface area contributed by atoms with Gasteiger partial charge in [0.05, 0.1) is 6.10 Å². The number of hydrogen-bond donors (Lipinski definition) is 2. The van der Waals surface area contributed by atoms with Crippen LogP contribution in [0.1, 0.15) is 0 Å². The average molecular weight is 309 g/mol. The monoisotopic (exact) mass is 309 g/mol. The van der Waals surface area contributed by atoms with Crippen LogP contribution in [0.4, 0.5) is 4.79 Å². The zero-order valence-electron chi connectivity index (χ0n) is 13.3. The predicted octanol–water partition coefficient (Wildman–Crippen LogP) is 0.619. The molecule has 6 heteroatoms. The first-order chi connectivity index (χ1) is 10.5. The highest BCUT2D eigenvalue weighted by Crippen LogP contribution is 2.01. The molecule has 1 fully saturated rings. The van der Waals surface area contributed by atoms with Crippen LogP contribution in [0, 0.1) is 0 Å². The predicted molar refractivity (Wildman–Crippen MR) is 87.8 cm³/mol. The number of rotatable bonds is 8. The number of likely N-dealkylation sites (N-methyl/N-ethyl adjacent to an activating group) is 1. The van der Waals surface area contributed by atoms with E-state index in [2.05, 4.69) is 35.3 Å². The van der Waals surface area contributed by atoms with Crippen molar-refractivity contribution in [2.24, 2.45) is 0 Å². The van der Waals surface area contributed by atoms with Crippen molar-refractivity contribution in [1.82, 2.24) is 15.1 Å². The SMILES string of the molecule is C=C/C=C(\C=C)COC(=O)NCC(O)CN1CCN(C)CC1. The van der Waals surface area contributed by atoms with Gasteiger partial charge in [-0.05, 0) is 12.6 Å². The van der Waals surface area contributed by atoms with E-state index in [4.69, 9.17) is 4.74 Å². The van der Waals surface area contributed by atoms with Gasteiger partial charge in [0.25, 0.3) is 0 Å². The van der Waals surface area contributed by atoms with Crippen LogP contribution < -0.4 is 5.32 Å². The molecule has 6 nitrogen and oxygen atoms in total. The number of nitrogens with one attached hydrogen (secondary N) is 1. The topological polar surface area (TPSA) is 65.0 Å². The fraction of sp³-hybridized carbons (Fsp3) is 0.562. The third-order valence-electron chi connectivity index (χ3n) is 3.51. The Morgan fingerprint density at radius 2 is 2.05 bits per heavy atom. The van der Waals surface area contributed by atoms with Gasteiger partial charge in [-0.2, -0.15) is 0 Å². The standard InChI is InChI=1S/C16H27N3O3/c1-4-6-14(5-2)13-22-16(21)17-11-15(20)12-19-9-7-18(3)8-10-19/h4-6,15,20H,1-2,7-13H2,3H3,(H,17,21)/b14-6+. The molecule has 22 heavy (non-hydrogen) atoms. The minimum Gasteiger partial charge on any atom is -0.445 e. The summed E-state index contributed by atoms with van der Waals surface area (Å²) in [7, 11) is 2.09. The summed E-state index contributed by atoms with van der Waals surface area (Å²) in [5.74, 6) is 0. The van der Waals surface area contributed by atoms with E-state index in [0.29, 0.717) is 6.54 Å². The molecule has 1 heterocycles. The molecule has 1 amide bonds. The van der Waals surface area contributed by atoms with Crippen LogP contribution in [0.2, 0.25) is 0 Å². The van der Waals surface area contributed by atoms with Crippen LogP contribution in [0.5, 0.6) is 0 Å². The molecule has 1 rings (SSSR count). The summed E-state index contributed by atoms with van der Waals surface area (Å²) in [5, 5.41) is 12.5. The highest BCUT2D eigenvalue weighted by atomic mass is 16.5. The van der Waals surface area contributed by atoms with Gasteiger partial charge in [0.2, 0.25) is 0 Å². The van der Waals surface area contributed by atoms with E-state index in [-0.39, 0.29) is 13.2 Å². The van der Waals surface area contributed by atoms with Crippen LogP contribution in [0.3, 0.4) is 0 Å². The Balaban J connectivity index is 2.18. The van der Waals surface area contributed by atoms with Crippen LogP contribution in [0.25, 0.3) is 0 Å². The number of carbonyl (C=O) groups excluding carboxylic acids is 1. The average Bonchev–Trinajstić information content (AvgIpc) is 2.51. The fourth-order valence-electron chi connectivity index (χ4n) is 2.12. The number of hydrogen-bond acceptors (Lipinski definition) is 5. The van der Waals surface area contributed by atoms with Crippen molar-refractivity contribution in [2.45, 2.75) is 6.10 Å². The molecule has 0 aromatic carbocycles. The van der Waals surface area contributed by atoms with Gasteiger partial charge in [-0.3, -0.25) is 4.90 Å². The van der Waals surface area contributed by atoms with Crippen molar-refractivity contribution in [1.29, 1.82) is 0 Å². The lowest BCUT2D eigenvalue weighted by Crippen LogP contribution is -2.48. The Hall–Kier alpha value is -1.63.